The summed E-state index contributed by atoms with van der Waals surface area (Å²) in [7, 11) is -4.19. The zero-order valence-corrected chi connectivity index (χ0v) is 28.4. The molecule has 4 aromatic carbocycles. The summed E-state index contributed by atoms with van der Waals surface area (Å²) in [5.41, 5.74) is 4.62. The monoisotopic (exact) mass is 659 g/mol. The molecule has 4 aromatic rings. The van der Waals surface area contributed by atoms with E-state index >= 15 is 0 Å². The first-order valence-corrected chi connectivity index (χ1v) is 17.3. The Kier molecular flexibility index (Phi) is 12.0. The fourth-order valence-electron chi connectivity index (χ4n) is 5.20. The highest BCUT2D eigenvalue weighted by Gasteiger charge is 2.35. The normalized spacial score (nSPS) is 11.9. The van der Waals surface area contributed by atoms with E-state index in [0.29, 0.717) is 22.8 Å². The van der Waals surface area contributed by atoms with Gasteiger partial charge < -0.3 is 10.2 Å². The van der Waals surface area contributed by atoms with E-state index in [-0.39, 0.29) is 23.8 Å². The molecule has 0 radical (unpaired) electrons. The van der Waals surface area contributed by atoms with Gasteiger partial charge >= 0.3 is 0 Å². The Morgan fingerprint density at radius 1 is 0.826 bits per heavy atom. The largest absolute Gasteiger partial charge is 0.354 e. The number of anilines is 1. The van der Waals surface area contributed by atoms with Crippen LogP contribution in [0.25, 0.3) is 0 Å². The molecule has 1 atom stereocenters. The van der Waals surface area contributed by atoms with Crippen LogP contribution < -0.4 is 9.62 Å². The Hall–Kier alpha value is -4.14. The van der Waals surface area contributed by atoms with E-state index in [4.69, 9.17) is 11.6 Å². The van der Waals surface area contributed by atoms with Gasteiger partial charge in [-0.3, -0.25) is 13.9 Å². The number of nitrogens with zero attached hydrogens (tertiary/aromatic N) is 2. The van der Waals surface area contributed by atoms with Crippen LogP contribution in [0.15, 0.2) is 102 Å². The molecule has 1 N–H and O–H groups in total. The number of halogens is 1. The summed E-state index contributed by atoms with van der Waals surface area (Å²) in [4.78, 5) is 30.0. The van der Waals surface area contributed by atoms with Gasteiger partial charge in [0.1, 0.15) is 12.6 Å². The summed E-state index contributed by atoms with van der Waals surface area (Å²) in [5, 5.41) is 3.47. The van der Waals surface area contributed by atoms with Crippen LogP contribution in [0, 0.1) is 20.8 Å². The number of hydrogen-bond donors (Lipinski definition) is 1. The van der Waals surface area contributed by atoms with Crippen molar-refractivity contribution in [2.75, 3.05) is 17.4 Å². The number of rotatable bonds is 14. The highest BCUT2D eigenvalue weighted by atomic mass is 35.5. The van der Waals surface area contributed by atoms with Crippen molar-refractivity contribution in [3.05, 3.63) is 130 Å². The molecule has 2 amide bonds. The van der Waals surface area contributed by atoms with E-state index < -0.39 is 28.5 Å². The fraction of sp³-hybridized carbons (Fsp3) is 0.297. The molecule has 0 aliphatic carbocycles. The smallest absolute Gasteiger partial charge is 0.264 e. The van der Waals surface area contributed by atoms with Crippen molar-refractivity contribution in [3.63, 3.8) is 0 Å². The van der Waals surface area contributed by atoms with E-state index in [2.05, 4.69) is 5.32 Å². The Morgan fingerprint density at radius 2 is 1.46 bits per heavy atom. The lowest BCUT2D eigenvalue weighted by molar-refractivity contribution is -0.140. The highest BCUT2D eigenvalue weighted by molar-refractivity contribution is 7.92. The Morgan fingerprint density at radius 3 is 2.07 bits per heavy atom. The second-order valence-corrected chi connectivity index (χ2v) is 13.9. The quantitative estimate of drug-likeness (QED) is 0.148. The SMILES string of the molecule is CCCCNC(=O)C(Cc1ccccc1)N(Cc1ccc(C)cc1)C(=O)CN(c1ccc(Cl)cc1C)S(=O)(=O)c1ccc(C)cc1. The topological polar surface area (TPSA) is 86.8 Å². The summed E-state index contributed by atoms with van der Waals surface area (Å²) in [6.45, 7) is 7.74. The standard InChI is InChI=1S/C37H42ClN3O4S/c1-5-6-22-39-37(43)35(24-30-10-8-7-9-11-30)40(25-31-16-12-27(2)13-17-31)36(42)26-41(34-21-18-32(38)23-29(34)4)46(44,45)33-19-14-28(3)15-20-33/h7-21,23,35H,5-6,22,24-26H2,1-4H3,(H,39,43). The number of carbonyl (C=O) groups excluding carboxylic acids is 2. The summed E-state index contributed by atoms with van der Waals surface area (Å²) in [5.74, 6) is -0.787. The van der Waals surface area contributed by atoms with Gasteiger partial charge in [0.2, 0.25) is 11.8 Å². The lowest BCUT2D eigenvalue weighted by Crippen LogP contribution is -2.53. The van der Waals surface area contributed by atoms with Crippen molar-refractivity contribution in [3.8, 4) is 0 Å². The predicted molar refractivity (Wildman–Crippen MR) is 185 cm³/mol. The highest BCUT2D eigenvalue weighted by Crippen LogP contribution is 2.30. The number of benzene rings is 4. The second kappa shape index (κ2) is 15.9. The number of unbranched alkanes of at least 4 members (excludes halogenated alkanes) is 1. The third kappa shape index (κ3) is 8.98. The van der Waals surface area contributed by atoms with Crippen molar-refractivity contribution in [2.24, 2.45) is 0 Å². The van der Waals surface area contributed by atoms with Crippen LogP contribution in [0.2, 0.25) is 5.02 Å². The molecule has 0 heterocycles. The first-order valence-electron chi connectivity index (χ1n) is 15.5. The molecule has 46 heavy (non-hydrogen) atoms. The van der Waals surface area contributed by atoms with Crippen molar-refractivity contribution >= 4 is 39.1 Å². The van der Waals surface area contributed by atoms with Gasteiger partial charge in [-0.05, 0) is 74.2 Å². The summed E-state index contributed by atoms with van der Waals surface area (Å²) in [6, 6.07) is 27.8. The van der Waals surface area contributed by atoms with Crippen LogP contribution in [-0.4, -0.2) is 44.3 Å². The van der Waals surface area contributed by atoms with Crippen LogP contribution in [-0.2, 0) is 32.6 Å². The van der Waals surface area contributed by atoms with Gasteiger partial charge in [-0.15, -0.1) is 0 Å². The van der Waals surface area contributed by atoms with E-state index in [0.717, 1.165) is 39.4 Å². The number of sulfonamides is 1. The summed E-state index contributed by atoms with van der Waals surface area (Å²) < 4.78 is 29.6. The van der Waals surface area contributed by atoms with E-state index in [9.17, 15) is 18.0 Å². The molecule has 0 bridgehead atoms. The number of hydrogen-bond acceptors (Lipinski definition) is 4. The molecule has 1 unspecified atom stereocenters. The first kappa shape index (κ1) is 34.7. The third-order valence-corrected chi connectivity index (χ3v) is 9.90. The van der Waals surface area contributed by atoms with Crippen LogP contribution in [0.3, 0.4) is 0 Å². The van der Waals surface area contributed by atoms with Gasteiger partial charge in [-0.25, -0.2) is 8.42 Å². The molecular formula is C37H42ClN3O4S. The van der Waals surface area contributed by atoms with Crippen LogP contribution in [0.1, 0.15) is 47.6 Å². The zero-order valence-electron chi connectivity index (χ0n) is 26.9. The minimum atomic E-state index is -4.19. The maximum Gasteiger partial charge on any atom is 0.264 e. The predicted octanol–water partition coefficient (Wildman–Crippen LogP) is 7.02. The van der Waals surface area contributed by atoms with E-state index in [1.165, 1.54) is 17.0 Å². The molecule has 0 aliphatic heterocycles. The van der Waals surface area contributed by atoms with E-state index in [1.807, 2.05) is 75.4 Å². The van der Waals surface area contributed by atoms with Crippen LogP contribution in [0.5, 0.6) is 0 Å². The number of aryl methyl sites for hydroxylation is 3. The molecule has 0 saturated heterocycles. The van der Waals surface area contributed by atoms with Gasteiger partial charge in [-0.1, -0.05) is 103 Å². The van der Waals surface area contributed by atoms with Gasteiger partial charge in [0.15, 0.2) is 0 Å². The van der Waals surface area contributed by atoms with Crippen LogP contribution >= 0.6 is 11.6 Å². The van der Waals surface area contributed by atoms with Gasteiger partial charge in [0.25, 0.3) is 10.0 Å². The van der Waals surface area contributed by atoms with Crippen molar-refractivity contribution < 1.29 is 18.0 Å². The lowest BCUT2D eigenvalue weighted by atomic mass is 10.0. The molecule has 0 fully saturated rings. The van der Waals surface area contributed by atoms with Crippen molar-refractivity contribution in [1.29, 1.82) is 0 Å². The van der Waals surface area contributed by atoms with Crippen molar-refractivity contribution in [2.45, 2.75) is 64.4 Å². The van der Waals surface area contributed by atoms with E-state index in [1.54, 1.807) is 37.3 Å². The lowest BCUT2D eigenvalue weighted by Gasteiger charge is -2.34. The van der Waals surface area contributed by atoms with Gasteiger partial charge in [0, 0.05) is 24.5 Å². The maximum atomic E-state index is 14.6. The van der Waals surface area contributed by atoms with Crippen LogP contribution in [0.4, 0.5) is 5.69 Å². The maximum absolute atomic E-state index is 14.6. The van der Waals surface area contributed by atoms with Gasteiger partial charge in [0.05, 0.1) is 10.6 Å². The molecule has 0 aliphatic rings. The number of nitrogens with one attached hydrogen (secondary N) is 1. The average Bonchev–Trinajstić information content (AvgIpc) is 3.03. The molecule has 7 nitrogen and oxygen atoms in total. The number of amides is 2. The molecule has 4 rings (SSSR count). The first-order chi connectivity index (χ1) is 22.0. The molecule has 242 valence electrons. The minimum absolute atomic E-state index is 0.0588. The molecule has 9 heteroatoms. The van der Waals surface area contributed by atoms with Crippen molar-refractivity contribution in [1.82, 2.24) is 10.2 Å². The Bertz CT molecular complexity index is 1730. The zero-order chi connectivity index (χ0) is 33.3. The average molecular weight is 660 g/mol. The Labute approximate surface area is 278 Å². The second-order valence-electron chi connectivity index (χ2n) is 11.6. The molecular weight excluding hydrogens is 618 g/mol. The fourth-order valence-corrected chi connectivity index (χ4v) is 6.91. The van der Waals surface area contributed by atoms with Gasteiger partial charge in [-0.2, -0.15) is 0 Å². The third-order valence-electron chi connectivity index (χ3n) is 7.89. The summed E-state index contributed by atoms with van der Waals surface area (Å²) >= 11 is 6.25. The molecule has 0 aromatic heterocycles. The Balaban J connectivity index is 1.81. The molecule has 0 saturated carbocycles. The summed E-state index contributed by atoms with van der Waals surface area (Å²) in [6.07, 6.45) is 1.97. The number of carbonyl (C=O) groups is 2. The minimum Gasteiger partial charge on any atom is -0.354 e. The molecule has 0 spiro atoms.